The molecule has 4 bridgehead atoms. The second kappa shape index (κ2) is 6.51. The fourth-order valence-corrected chi connectivity index (χ4v) is 6.95. The van der Waals surface area contributed by atoms with E-state index < -0.39 is 0 Å². The van der Waals surface area contributed by atoms with Gasteiger partial charge in [0.15, 0.2) is 0 Å². The third-order valence-corrected chi connectivity index (χ3v) is 7.54. The Labute approximate surface area is 168 Å². The van der Waals surface area contributed by atoms with Crippen molar-refractivity contribution < 1.29 is 4.79 Å². The smallest absolute Gasteiger partial charge is 0.231 e. The zero-order chi connectivity index (χ0) is 19.5. The van der Waals surface area contributed by atoms with Gasteiger partial charge in [-0.2, -0.15) is 0 Å². The molecule has 0 saturated heterocycles. The molecule has 0 spiro atoms. The monoisotopic (exact) mass is 382 g/mol. The Hall–Kier alpha value is -1.49. The predicted octanol–water partition coefficient (Wildman–Crippen LogP) is 4.04. The fourth-order valence-electron chi connectivity index (χ4n) is 6.95. The first-order chi connectivity index (χ1) is 13.3. The first-order valence-corrected chi connectivity index (χ1v) is 11.2. The van der Waals surface area contributed by atoms with Gasteiger partial charge in [-0.15, -0.1) is 0 Å². The molecule has 1 amide bonds. The van der Waals surface area contributed by atoms with Crippen LogP contribution in [0.5, 0.6) is 0 Å². The van der Waals surface area contributed by atoms with Crippen LogP contribution in [0.25, 0.3) is 0 Å². The molecule has 1 aliphatic heterocycles. The van der Waals surface area contributed by atoms with Gasteiger partial charge in [0.05, 0.1) is 11.1 Å². The van der Waals surface area contributed by atoms with Gasteiger partial charge in [-0.3, -0.25) is 9.69 Å². The van der Waals surface area contributed by atoms with Crippen LogP contribution in [0.15, 0.2) is 6.33 Å². The Morgan fingerprint density at radius 1 is 1.14 bits per heavy atom. The lowest BCUT2D eigenvalue weighted by molar-refractivity contribution is -0.140. The molecule has 4 aliphatic carbocycles. The van der Waals surface area contributed by atoms with Crippen molar-refractivity contribution in [3.63, 3.8) is 0 Å². The predicted molar refractivity (Wildman–Crippen MR) is 110 cm³/mol. The fraction of sp³-hybridized carbons (Fsp3) is 0.783. The number of hydrogen-bond donors (Lipinski definition) is 1. The van der Waals surface area contributed by atoms with E-state index in [-0.39, 0.29) is 16.7 Å². The second-order valence-electron chi connectivity index (χ2n) is 11.3. The summed E-state index contributed by atoms with van der Waals surface area (Å²) in [6.07, 6.45) is 9.92. The number of nitrogens with zero attached hydrogens (tertiary/aromatic N) is 3. The summed E-state index contributed by atoms with van der Waals surface area (Å²) in [5.41, 5.74) is 2.40. The maximum atomic E-state index is 13.4. The Balaban J connectivity index is 1.33. The van der Waals surface area contributed by atoms with Crippen molar-refractivity contribution >= 4 is 11.7 Å². The summed E-state index contributed by atoms with van der Waals surface area (Å²) in [4.78, 5) is 24.9. The summed E-state index contributed by atoms with van der Waals surface area (Å²) in [5, 5.41) is 3.28. The van der Waals surface area contributed by atoms with Crippen molar-refractivity contribution in [3.8, 4) is 0 Å². The number of nitrogens with one attached hydrogen (secondary N) is 1. The third-order valence-electron chi connectivity index (χ3n) is 7.54. The van der Waals surface area contributed by atoms with E-state index in [9.17, 15) is 4.79 Å². The summed E-state index contributed by atoms with van der Waals surface area (Å²) < 4.78 is 0. The minimum Gasteiger partial charge on any atom is -0.310 e. The molecule has 0 unspecified atom stereocenters. The van der Waals surface area contributed by atoms with E-state index in [1.54, 1.807) is 6.33 Å². The zero-order valence-corrected chi connectivity index (χ0v) is 17.6. The number of anilines is 1. The molecule has 5 heteroatoms. The van der Waals surface area contributed by atoms with Gasteiger partial charge in [-0.25, -0.2) is 9.97 Å². The molecule has 152 valence electrons. The minimum atomic E-state index is -0.125. The Morgan fingerprint density at radius 2 is 1.79 bits per heavy atom. The number of fused-ring (bicyclic) bond motifs is 1. The number of carbonyl (C=O) groups excluding carboxylic acids is 1. The molecule has 5 aliphatic rings. The van der Waals surface area contributed by atoms with E-state index in [4.69, 9.17) is 0 Å². The third kappa shape index (κ3) is 3.36. The molecule has 1 aromatic heterocycles. The first-order valence-electron chi connectivity index (χ1n) is 11.2. The Morgan fingerprint density at radius 3 is 2.39 bits per heavy atom. The normalized spacial score (nSPS) is 34.3. The maximum absolute atomic E-state index is 13.4. The molecule has 6 rings (SSSR count). The molecule has 0 atom stereocenters. The summed E-state index contributed by atoms with van der Waals surface area (Å²) in [6, 6.07) is 0. The highest BCUT2D eigenvalue weighted by atomic mass is 16.2. The number of amides is 1. The molecule has 5 nitrogen and oxygen atoms in total. The lowest BCUT2D eigenvalue weighted by atomic mass is 9.49. The van der Waals surface area contributed by atoms with E-state index >= 15 is 0 Å². The Bertz CT molecular complexity index is 746. The van der Waals surface area contributed by atoms with Gasteiger partial charge in [0.1, 0.15) is 12.1 Å². The maximum Gasteiger partial charge on any atom is 0.231 e. The van der Waals surface area contributed by atoms with Gasteiger partial charge in [-0.1, -0.05) is 20.8 Å². The van der Waals surface area contributed by atoms with E-state index in [1.165, 1.54) is 19.3 Å². The molecule has 28 heavy (non-hydrogen) atoms. The molecule has 4 fully saturated rings. The molecular formula is C23H34N4O. The second-order valence-corrected chi connectivity index (χ2v) is 11.3. The van der Waals surface area contributed by atoms with Crippen LogP contribution < -0.4 is 5.32 Å². The molecule has 0 aromatic carbocycles. The number of hydrogen-bond acceptors (Lipinski definition) is 4. The van der Waals surface area contributed by atoms with Crippen LogP contribution in [-0.4, -0.2) is 33.9 Å². The minimum absolute atomic E-state index is 0.125. The van der Waals surface area contributed by atoms with Gasteiger partial charge in [-0.05, 0) is 68.1 Å². The molecular weight excluding hydrogens is 348 g/mol. The lowest BCUT2D eigenvalue weighted by Gasteiger charge is -2.55. The van der Waals surface area contributed by atoms with E-state index in [1.807, 2.05) is 0 Å². The van der Waals surface area contributed by atoms with Gasteiger partial charge in [0, 0.05) is 25.2 Å². The summed E-state index contributed by atoms with van der Waals surface area (Å²) in [5.74, 6) is 3.36. The summed E-state index contributed by atoms with van der Waals surface area (Å²) in [7, 11) is 0. The molecule has 1 aromatic rings. The average Bonchev–Trinajstić information content (AvgIpc) is 2.59. The topological polar surface area (TPSA) is 58.1 Å². The molecule has 0 radical (unpaired) electrons. The zero-order valence-electron chi connectivity index (χ0n) is 17.6. The van der Waals surface area contributed by atoms with Crippen LogP contribution >= 0.6 is 0 Å². The summed E-state index contributed by atoms with van der Waals surface area (Å²) in [6.45, 7) is 9.76. The van der Waals surface area contributed by atoms with Crippen LogP contribution in [0.4, 0.5) is 5.82 Å². The van der Waals surface area contributed by atoms with Crippen molar-refractivity contribution in [2.24, 2.45) is 28.6 Å². The van der Waals surface area contributed by atoms with Crippen LogP contribution in [0, 0.1) is 28.6 Å². The van der Waals surface area contributed by atoms with E-state index in [0.717, 1.165) is 80.1 Å². The van der Waals surface area contributed by atoms with Crippen molar-refractivity contribution in [2.75, 3.05) is 18.4 Å². The summed E-state index contributed by atoms with van der Waals surface area (Å²) >= 11 is 0. The largest absolute Gasteiger partial charge is 0.310 e. The highest BCUT2D eigenvalue weighted by Gasteiger charge is 2.54. The quantitative estimate of drug-likeness (QED) is 0.857. The molecule has 1 N–H and O–H groups in total. The van der Waals surface area contributed by atoms with Crippen molar-refractivity contribution in [1.29, 1.82) is 0 Å². The van der Waals surface area contributed by atoms with Gasteiger partial charge < -0.3 is 5.32 Å². The van der Waals surface area contributed by atoms with Crippen molar-refractivity contribution in [3.05, 3.63) is 17.6 Å². The van der Waals surface area contributed by atoms with Gasteiger partial charge >= 0.3 is 0 Å². The van der Waals surface area contributed by atoms with Crippen LogP contribution in [0.1, 0.15) is 70.6 Å². The average molecular weight is 383 g/mol. The molecule has 2 heterocycles. The van der Waals surface area contributed by atoms with Crippen LogP contribution in [0.3, 0.4) is 0 Å². The highest BCUT2D eigenvalue weighted by molar-refractivity contribution is 5.95. The van der Waals surface area contributed by atoms with E-state index in [2.05, 4.69) is 41.0 Å². The SMILES string of the molecule is CC(C)(C)CN1CCc2c(ncnc2NC(=O)C23CC4CC(CC(C4)C2)C3)C1. The van der Waals surface area contributed by atoms with Crippen LogP contribution in [0.2, 0.25) is 0 Å². The van der Waals surface area contributed by atoms with Gasteiger partial charge in [0.2, 0.25) is 5.91 Å². The number of aromatic nitrogens is 2. The van der Waals surface area contributed by atoms with E-state index in [0.29, 0.717) is 0 Å². The van der Waals surface area contributed by atoms with Crippen molar-refractivity contribution in [1.82, 2.24) is 14.9 Å². The highest BCUT2D eigenvalue weighted by Crippen LogP contribution is 2.60. The molecule has 4 saturated carbocycles. The first kappa shape index (κ1) is 18.5. The van der Waals surface area contributed by atoms with Gasteiger partial charge in [0.25, 0.3) is 0 Å². The Kier molecular flexibility index (Phi) is 4.31. The number of rotatable bonds is 3. The van der Waals surface area contributed by atoms with Crippen LogP contribution in [-0.2, 0) is 17.8 Å². The number of carbonyl (C=O) groups is 1. The standard InChI is InChI=1S/C23H34N4O/c1-22(2,3)13-27-5-4-18-19(12-27)24-14-25-20(18)26-21(28)23-9-15-6-16(10-23)8-17(7-15)11-23/h14-17H,4-13H2,1-3H3,(H,24,25,26,28). The van der Waals surface area contributed by atoms with Crippen molar-refractivity contribution in [2.45, 2.75) is 72.3 Å². The lowest BCUT2D eigenvalue weighted by Crippen LogP contribution is -2.52.